The number of rotatable bonds is 44. The number of carbonyl (C=O) groups is 3. The van der Waals surface area contributed by atoms with Crippen molar-refractivity contribution in [1.82, 2.24) is 5.32 Å². The van der Waals surface area contributed by atoms with Crippen molar-refractivity contribution in [2.24, 2.45) is 5.73 Å². The molecule has 7 heteroatoms. The second-order valence-corrected chi connectivity index (χ2v) is 16.5. The van der Waals surface area contributed by atoms with E-state index in [9.17, 15) is 19.5 Å². The molecule has 7 nitrogen and oxygen atoms in total. The highest BCUT2D eigenvalue weighted by molar-refractivity contribution is 5.83. The molecule has 0 aromatic rings. The van der Waals surface area contributed by atoms with Gasteiger partial charge in [-0.3, -0.25) is 9.59 Å². The Labute approximate surface area is 340 Å². The van der Waals surface area contributed by atoms with E-state index in [0.29, 0.717) is 32.2 Å². The van der Waals surface area contributed by atoms with E-state index in [1.54, 1.807) is 0 Å². The summed E-state index contributed by atoms with van der Waals surface area (Å²) in [6, 6.07) is -0.854. The van der Waals surface area contributed by atoms with E-state index in [1.807, 2.05) is 0 Å². The van der Waals surface area contributed by atoms with Crippen LogP contribution in [0.1, 0.15) is 258 Å². The highest BCUT2D eigenvalue weighted by Gasteiger charge is 2.19. The van der Waals surface area contributed by atoms with Gasteiger partial charge in [0.2, 0.25) is 5.91 Å². The Morgan fingerprint density at radius 3 is 1.31 bits per heavy atom. The predicted molar refractivity (Wildman–Crippen MR) is 234 cm³/mol. The van der Waals surface area contributed by atoms with Gasteiger partial charge in [-0.25, -0.2) is 4.79 Å². The van der Waals surface area contributed by atoms with Crippen molar-refractivity contribution in [1.29, 1.82) is 0 Å². The number of esters is 1. The van der Waals surface area contributed by atoms with Gasteiger partial charge in [-0.15, -0.1) is 0 Å². The Hall–Kier alpha value is -1.89. The fourth-order valence-electron chi connectivity index (χ4n) is 7.45. The first-order valence-corrected chi connectivity index (χ1v) is 24.0. The molecule has 0 heterocycles. The lowest BCUT2D eigenvalue weighted by molar-refractivity contribution is -0.150. The minimum Gasteiger partial charge on any atom is -0.480 e. The van der Waals surface area contributed by atoms with Crippen LogP contribution in [0.25, 0.3) is 0 Å². The summed E-state index contributed by atoms with van der Waals surface area (Å²) < 4.78 is 6.06. The number of ether oxygens (including phenoxy) is 1. The van der Waals surface area contributed by atoms with E-state index in [2.05, 4.69) is 31.3 Å². The summed E-state index contributed by atoms with van der Waals surface area (Å²) >= 11 is 0. The van der Waals surface area contributed by atoms with Crippen molar-refractivity contribution >= 4 is 17.8 Å². The molecule has 0 aliphatic rings. The van der Waals surface area contributed by atoms with Gasteiger partial charge >= 0.3 is 11.9 Å². The molecule has 0 radical (unpaired) electrons. The molecule has 2 unspecified atom stereocenters. The lowest BCUT2D eigenvalue weighted by Gasteiger charge is -2.18. The van der Waals surface area contributed by atoms with Gasteiger partial charge in [-0.05, 0) is 83.6 Å². The summed E-state index contributed by atoms with van der Waals surface area (Å²) in [5.41, 5.74) is 5.49. The van der Waals surface area contributed by atoms with Gasteiger partial charge in [0.05, 0.1) is 0 Å². The third kappa shape index (κ3) is 40.1. The number of hydrogen-bond donors (Lipinski definition) is 3. The SMILES string of the molecule is CCCCCCCCC/C=C\CCCCCCCCCC(=O)OC(CCCCCCCCCCCCC)CCCCCCCC(=O)NC(CCCN)C(=O)O. The fourth-order valence-corrected chi connectivity index (χ4v) is 7.45. The molecule has 0 bridgehead atoms. The maximum atomic E-state index is 12.8. The molecule has 2 atom stereocenters. The highest BCUT2D eigenvalue weighted by Crippen LogP contribution is 2.19. The van der Waals surface area contributed by atoms with Crippen molar-refractivity contribution in [3.05, 3.63) is 12.2 Å². The first-order valence-electron chi connectivity index (χ1n) is 24.0. The molecule has 1 amide bonds. The lowest BCUT2D eigenvalue weighted by Crippen LogP contribution is -2.40. The minimum atomic E-state index is -1.00. The number of hydrogen-bond acceptors (Lipinski definition) is 5. The Morgan fingerprint density at radius 1 is 0.509 bits per heavy atom. The molecular weight excluding hydrogens is 685 g/mol. The monoisotopic (exact) mass is 777 g/mol. The molecule has 0 aliphatic heterocycles. The van der Waals surface area contributed by atoms with Gasteiger partial charge in [0.15, 0.2) is 0 Å². The summed E-state index contributed by atoms with van der Waals surface area (Å²) in [6.07, 6.45) is 48.3. The molecule has 324 valence electrons. The standard InChI is InChI=1S/C48H92N2O5/c1-3-5-7-9-11-13-15-16-17-18-19-20-21-23-25-27-32-36-42-47(52)55-44(38-33-29-26-24-22-14-12-10-8-6-4-2)39-34-30-28-31-35-41-46(51)50-45(48(53)54)40-37-43-49/h17-18,44-45H,3-16,19-43,49H2,1-2H3,(H,50,51)(H,53,54)/b18-17-. The van der Waals surface area contributed by atoms with Gasteiger partial charge in [-0.2, -0.15) is 0 Å². The van der Waals surface area contributed by atoms with Crippen LogP contribution in [0.15, 0.2) is 12.2 Å². The van der Waals surface area contributed by atoms with E-state index >= 15 is 0 Å². The first-order chi connectivity index (χ1) is 26.9. The van der Waals surface area contributed by atoms with Crippen LogP contribution in [0.3, 0.4) is 0 Å². The van der Waals surface area contributed by atoms with Crippen molar-refractivity contribution < 1.29 is 24.2 Å². The lowest BCUT2D eigenvalue weighted by atomic mass is 10.0. The average Bonchev–Trinajstić information content (AvgIpc) is 3.17. The third-order valence-corrected chi connectivity index (χ3v) is 11.1. The zero-order chi connectivity index (χ0) is 40.3. The zero-order valence-electron chi connectivity index (χ0n) is 36.5. The van der Waals surface area contributed by atoms with E-state index in [-0.39, 0.29) is 18.0 Å². The summed E-state index contributed by atoms with van der Waals surface area (Å²) in [5.74, 6) is -1.22. The number of nitrogens with one attached hydrogen (secondary N) is 1. The zero-order valence-corrected chi connectivity index (χ0v) is 36.5. The second kappa shape index (κ2) is 43.2. The highest BCUT2D eigenvalue weighted by atomic mass is 16.5. The number of nitrogens with two attached hydrogens (primary N) is 1. The van der Waals surface area contributed by atoms with Gasteiger partial charge in [-0.1, -0.05) is 180 Å². The van der Waals surface area contributed by atoms with Crippen LogP contribution < -0.4 is 11.1 Å². The van der Waals surface area contributed by atoms with Crippen LogP contribution in [0, 0.1) is 0 Å². The van der Waals surface area contributed by atoms with Crippen LogP contribution in [0.2, 0.25) is 0 Å². The van der Waals surface area contributed by atoms with E-state index in [4.69, 9.17) is 10.5 Å². The third-order valence-electron chi connectivity index (χ3n) is 11.1. The van der Waals surface area contributed by atoms with Crippen LogP contribution in [-0.4, -0.2) is 41.6 Å². The number of aliphatic carboxylic acids is 1. The predicted octanol–water partition coefficient (Wildman–Crippen LogP) is 13.8. The summed E-state index contributed by atoms with van der Waals surface area (Å²) in [6.45, 7) is 4.96. The molecule has 0 rings (SSSR count). The van der Waals surface area contributed by atoms with Crippen LogP contribution in [0.5, 0.6) is 0 Å². The molecule has 4 N–H and O–H groups in total. The maximum Gasteiger partial charge on any atom is 0.326 e. The Morgan fingerprint density at radius 2 is 0.891 bits per heavy atom. The molecule has 0 saturated carbocycles. The molecule has 0 saturated heterocycles. The van der Waals surface area contributed by atoms with Crippen LogP contribution in [0.4, 0.5) is 0 Å². The topological polar surface area (TPSA) is 119 Å². The number of allylic oxidation sites excluding steroid dienone is 2. The maximum absolute atomic E-state index is 12.8. The van der Waals surface area contributed by atoms with E-state index < -0.39 is 12.0 Å². The van der Waals surface area contributed by atoms with Crippen molar-refractivity contribution in [2.45, 2.75) is 270 Å². The summed E-state index contributed by atoms with van der Waals surface area (Å²) in [5, 5.41) is 12.0. The number of unbranched alkanes of at least 4 members (excludes halogenated alkanes) is 28. The molecule has 0 spiro atoms. The Balaban J connectivity index is 4.23. The van der Waals surface area contributed by atoms with Crippen LogP contribution in [-0.2, 0) is 19.1 Å². The molecule has 0 aliphatic carbocycles. The molecule has 0 fully saturated rings. The summed E-state index contributed by atoms with van der Waals surface area (Å²) in [4.78, 5) is 36.4. The van der Waals surface area contributed by atoms with Gasteiger partial charge in [0.25, 0.3) is 0 Å². The molecule has 0 aromatic carbocycles. The van der Waals surface area contributed by atoms with Gasteiger partial charge in [0.1, 0.15) is 12.1 Å². The van der Waals surface area contributed by atoms with E-state index in [1.165, 1.54) is 154 Å². The molecule has 55 heavy (non-hydrogen) atoms. The number of amides is 1. The number of carboxylic acid groups (broad SMARTS) is 1. The number of carboxylic acids is 1. The Bertz CT molecular complexity index is 878. The smallest absolute Gasteiger partial charge is 0.326 e. The van der Waals surface area contributed by atoms with E-state index in [0.717, 1.165) is 64.2 Å². The minimum absolute atomic E-state index is 0.0166. The van der Waals surface area contributed by atoms with Crippen LogP contribution >= 0.6 is 0 Å². The van der Waals surface area contributed by atoms with Crippen molar-refractivity contribution in [3.8, 4) is 0 Å². The van der Waals surface area contributed by atoms with Gasteiger partial charge < -0.3 is 20.9 Å². The number of carbonyl (C=O) groups excluding carboxylic acids is 2. The quantitative estimate of drug-likeness (QED) is 0.0322. The average molecular weight is 777 g/mol. The van der Waals surface area contributed by atoms with Crippen molar-refractivity contribution in [3.63, 3.8) is 0 Å². The normalized spacial score (nSPS) is 12.6. The fraction of sp³-hybridized carbons (Fsp3) is 0.896. The summed E-state index contributed by atoms with van der Waals surface area (Å²) in [7, 11) is 0. The second-order valence-electron chi connectivity index (χ2n) is 16.5. The Kier molecular flexibility index (Phi) is 41.8. The largest absolute Gasteiger partial charge is 0.480 e. The van der Waals surface area contributed by atoms with Crippen molar-refractivity contribution in [2.75, 3.05) is 6.54 Å². The first kappa shape index (κ1) is 53.1. The molecule has 0 aromatic heterocycles. The van der Waals surface area contributed by atoms with Gasteiger partial charge in [0, 0.05) is 12.8 Å². The molecular formula is C48H92N2O5.